The molecule has 104 valence electrons. The van der Waals surface area contributed by atoms with Crippen molar-refractivity contribution in [2.75, 3.05) is 6.54 Å². The number of nitrogens with one attached hydrogen (secondary N) is 1. The maximum atomic E-state index is 11.9. The highest BCUT2D eigenvalue weighted by molar-refractivity contribution is 6.30. The molecule has 0 unspecified atom stereocenters. The van der Waals surface area contributed by atoms with E-state index in [0.717, 1.165) is 31.0 Å². The summed E-state index contributed by atoms with van der Waals surface area (Å²) in [4.78, 5) is 11.9. The Kier molecular flexibility index (Phi) is 3.69. The molecule has 1 aliphatic heterocycles. The lowest BCUT2D eigenvalue weighted by atomic mass is 10.2. The Morgan fingerprint density at radius 2 is 2.30 bits per heavy atom. The predicted molar refractivity (Wildman–Crippen MR) is 75.8 cm³/mol. The second-order valence-corrected chi connectivity index (χ2v) is 5.24. The summed E-state index contributed by atoms with van der Waals surface area (Å²) < 4.78 is 2.14. The van der Waals surface area contributed by atoms with Crippen LogP contribution < -0.4 is 5.32 Å². The average molecular weight is 291 g/mol. The lowest BCUT2D eigenvalue weighted by Gasteiger charge is -2.06. The molecule has 0 saturated carbocycles. The number of aromatic nitrogens is 3. The molecule has 1 aliphatic rings. The Bertz CT molecular complexity index is 638. The summed E-state index contributed by atoms with van der Waals surface area (Å²) in [6.45, 7) is 1.53. The number of carbonyl (C=O) groups is 1. The number of nitrogens with zero attached hydrogens (tertiary/aromatic N) is 3. The highest BCUT2D eigenvalue weighted by atomic mass is 35.5. The van der Waals surface area contributed by atoms with Gasteiger partial charge in [0.2, 0.25) is 0 Å². The summed E-state index contributed by atoms with van der Waals surface area (Å²) in [5, 5.41) is 11.7. The largest absolute Gasteiger partial charge is 0.352 e. The van der Waals surface area contributed by atoms with Crippen molar-refractivity contribution in [2.24, 2.45) is 0 Å². The van der Waals surface area contributed by atoms with Gasteiger partial charge in [0.05, 0.1) is 0 Å². The zero-order valence-electron chi connectivity index (χ0n) is 11.0. The summed E-state index contributed by atoms with van der Waals surface area (Å²) in [5.41, 5.74) is 0.573. The Morgan fingerprint density at radius 1 is 1.40 bits per heavy atom. The first-order valence-electron chi connectivity index (χ1n) is 6.69. The number of aryl methyl sites for hydroxylation is 1. The zero-order chi connectivity index (χ0) is 13.9. The summed E-state index contributed by atoms with van der Waals surface area (Å²) in [7, 11) is 0. The molecule has 0 saturated heterocycles. The van der Waals surface area contributed by atoms with Gasteiger partial charge in [-0.25, -0.2) is 0 Å². The van der Waals surface area contributed by atoms with Gasteiger partial charge in [0, 0.05) is 36.5 Å². The topological polar surface area (TPSA) is 59.8 Å². The van der Waals surface area contributed by atoms with Crippen LogP contribution in [-0.4, -0.2) is 27.2 Å². The van der Waals surface area contributed by atoms with E-state index in [1.807, 2.05) is 0 Å². The van der Waals surface area contributed by atoms with Gasteiger partial charge in [0.15, 0.2) is 0 Å². The molecule has 6 heteroatoms. The smallest absolute Gasteiger partial charge is 0.251 e. The fourth-order valence-corrected chi connectivity index (χ4v) is 2.61. The second kappa shape index (κ2) is 5.63. The molecule has 0 radical (unpaired) electrons. The van der Waals surface area contributed by atoms with Crippen molar-refractivity contribution in [2.45, 2.75) is 25.8 Å². The minimum Gasteiger partial charge on any atom is -0.352 e. The van der Waals surface area contributed by atoms with Gasteiger partial charge in [-0.15, -0.1) is 10.2 Å². The molecule has 0 spiro atoms. The van der Waals surface area contributed by atoms with Crippen molar-refractivity contribution >= 4 is 17.5 Å². The first kappa shape index (κ1) is 13.1. The van der Waals surface area contributed by atoms with E-state index in [1.54, 1.807) is 24.3 Å². The van der Waals surface area contributed by atoms with Crippen LogP contribution in [0.2, 0.25) is 5.02 Å². The number of hydrogen-bond donors (Lipinski definition) is 1. The molecule has 1 N–H and O–H groups in total. The van der Waals surface area contributed by atoms with Gasteiger partial charge in [-0.1, -0.05) is 17.7 Å². The minimum absolute atomic E-state index is 0.117. The molecule has 1 aromatic heterocycles. The molecule has 0 atom stereocenters. The van der Waals surface area contributed by atoms with Gasteiger partial charge in [-0.05, 0) is 24.6 Å². The van der Waals surface area contributed by atoms with E-state index in [2.05, 4.69) is 20.1 Å². The molecule has 0 aliphatic carbocycles. The van der Waals surface area contributed by atoms with Gasteiger partial charge >= 0.3 is 0 Å². The van der Waals surface area contributed by atoms with Gasteiger partial charge in [-0.2, -0.15) is 0 Å². The highest BCUT2D eigenvalue weighted by Crippen LogP contribution is 2.14. The molecule has 3 rings (SSSR count). The number of amides is 1. The van der Waals surface area contributed by atoms with Crippen molar-refractivity contribution in [3.8, 4) is 0 Å². The van der Waals surface area contributed by atoms with E-state index in [4.69, 9.17) is 11.6 Å². The summed E-state index contributed by atoms with van der Waals surface area (Å²) in [5.74, 6) is 1.89. The standard InChI is InChI=1S/C14H15ClN4O/c15-11-4-1-3-10(9-11)14(20)16-7-6-13-18-17-12-5-2-8-19(12)13/h1,3-4,9H,2,5-8H2,(H,16,20). The van der Waals surface area contributed by atoms with Crippen LogP contribution in [0.1, 0.15) is 28.4 Å². The Morgan fingerprint density at radius 3 is 3.15 bits per heavy atom. The van der Waals surface area contributed by atoms with Crippen molar-refractivity contribution in [1.29, 1.82) is 0 Å². The number of hydrogen-bond acceptors (Lipinski definition) is 3. The molecule has 2 heterocycles. The quantitative estimate of drug-likeness (QED) is 0.935. The van der Waals surface area contributed by atoms with E-state index in [-0.39, 0.29) is 5.91 Å². The van der Waals surface area contributed by atoms with Crippen molar-refractivity contribution in [3.05, 3.63) is 46.5 Å². The highest BCUT2D eigenvalue weighted by Gasteiger charge is 2.16. The Balaban J connectivity index is 1.56. The van der Waals surface area contributed by atoms with E-state index >= 15 is 0 Å². The lowest BCUT2D eigenvalue weighted by molar-refractivity contribution is 0.0954. The number of benzene rings is 1. The van der Waals surface area contributed by atoms with Crippen LogP contribution in [0.5, 0.6) is 0 Å². The third-order valence-electron chi connectivity index (χ3n) is 3.41. The number of rotatable bonds is 4. The van der Waals surface area contributed by atoms with Crippen LogP contribution in [0.3, 0.4) is 0 Å². The number of carbonyl (C=O) groups excluding carboxylic acids is 1. The third kappa shape index (κ3) is 2.67. The third-order valence-corrected chi connectivity index (χ3v) is 3.64. The van der Waals surface area contributed by atoms with Crippen LogP contribution in [0.4, 0.5) is 0 Å². The van der Waals surface area contributed by atoms with Crippen LogP contribution in [-0.2, 0) is 19.4 Å². The molecule has 1 amide bonds. The monoisotopic (exact) mass is 290 g/mol. The fraction of sp³-hybridized carbons (Fsp3) is 0.357. The van der Waals surface area contributed by atoms with E-state index in [9.17, 15) is 4.79 Å². The minimum atomic E-state index is -0.117. The normalized spacial score (nSPS) is 13.2. The number of fused-ring (bicyclic) bond motifs is 1. The molecule has 1 aromatic carbocycles. The van der Waals surface area contributed by atoms with Crippen LogP contribution in [0.25, 0.3) is 0 Å². The lowest BCUT2D eigenvalue weighted by Crippen LogP contribution is -2.26. The summed E-state index contributed by atoms with van der Waals surface area (Å²) in [6.07, 6.45) is 2.83. The van der Waals surface area contributed by atoms with Gasteiger partial charge < -0.3 is 9.88 Å². The van der Waals surface area contributed by atoms with E-state index in [1.165, 1.54) is 0 Å². The maximum absolute atomic E-state index is 11.9. The Hall–Kier alpha value is -1.88. The van der Waals surface area contributed by atoms with Gasteiger partial charge in [-0.3, -0.25) is 4.79 Å². The first-order valence-corrected chi connectivity index (χ1v) is 7.06. The fourth-order valence-electron chi connectivity index (χ4n) is 2.42. The average Bonchev–Trinajstić information content (AvgIpc) is 3.03. The van der Waals surface area contributed by atoms with Crippen molar-refractivity contribution in [1.82, 2.24) is 20.1 Å². The van der Waals surface area contributed by atoms with Crippen LogP contribution in [0, 0.1) is 0 Å². The molecule has 5 nitrogen and oxygen atoms in total. The molecule has 0 fully saturated rings. The van der Waals surface area contributed by atoms with E-state index in [0.29, 0.717) is 23.6 Å². The van der Waals surface area contributed by atoms with Crippen LogP contribution >= 0.6 is 11.6 Å². The van der Waals surface area contributed by atoms with Gasteiger partial charge in [0.1, 0.15) is 11.6 Å². The maximum Gasteiger partial charge on any atom is 0.251 e. The predicted octanol–water partition coefficient (Wildman–Crippen LogP) is 1.85. The van der Waals surface area contributed by atoms with Crippen molar-refractivity contribution in [3.63, 3.8) is 0 Å². The molecular weight excluding hydrogens is 276 g/mol. The summed E-state index contributed by atoms with van der Waals surface area (Å²) >= 11 is 5.87. The zero-order valence-corrected chi connectivity index (χ0v) is 11.7. The molecule has 20 heavy (non-hydrogen) atoms. The molecule has 2 aromatic rings. The van der Waals surface area contributed by atoms with Gasteiger partial charge in [0.25, 0.3) is 5.91 Å². The molecular formula is C14H15ClN4O. The first-order chi connectivity index (χ1) is 9.74. The second-order valence-electron chi connectivity index (χ2n) is 4.80. The number of halogens is 1. The SMILES string of the molecule is O=C(NCCc1nnc2n1CCC2)c1cccc(Cl)c1. The molecule has 0 bridgehead atoms. The van der Waals surface area contributed by atoms with Crippen molar-refractivity contribution < 1.29 is 4.79 Å². The van der Waals surface area contributed by atoms with Crippen LogP contribution in [0.15, 0.2) is 24.3 Å². The Labute approximate surface area is 122 Å². The van der Waals surface area contributed by atoms with E-state index < -0.39 is 0 Å². The summed E-state index contributed by atoms with van der Waals surface area (Å²) in [6, 6.07) is 6.92.